The summed E-state index contributed by atoms with van der Waals surface area (Å²) in [6.45, 7) is 13.8. The van der Waals surface area contributed by atoms with Crippen molar-refractivity contribution in [2.45, 2.75) is 117 Å². The van der Waals surface area contributed by atoms with Gasteiger partial charge in [0, 0.05) is 24.3 Å². The molecule has 6 rings (SSSR count). The summed E-state index contributed by atoms with van der Waals surface area (Å²) in [4.78, 5) is 24.8. The minimum Gasteiger partial charge on any atom is -0.459 e. The van der Waals surface area contributed by atoms with Gasteiger partial charge in [0.05, 0.1) is 0 Å². The molecule has 4 aliphatic carbocycles. The first kappa shape index (κ1) is 23.1. The second kappa shape index (κ2) is 6.91. The van der Waals surface area contributed by atoms with E-state index in [4.69, 9.17) is 9.47 Å². The predicted octanol–water partition coefficient (Wildman–Crippen LogP) is 6.62. The highest BCUT2D eigenvalue weighted by Crippen LogP contribution is 2.88. The van der Waals surface area contributed by atoms with E-state index >= 15 is 0 Å². The van der Waals surface area contributed by atoms with Gasteiger partial charge in [0.1, 0.15) is 11.7 Å². The molecule has 0 aromatic rings. The van der Waals surface area contributed by atoms with Gasteiger partial charge in [-0.05, 0) is 112 Å². The van der Waals surface area contributed by atoms with Gasteiger partial charge in [-0.2, -0.15) is 0 Å². The molecule has 4 nitrogen and oxygen atoms in total. The molecule has 2 spiro atoms. The summed E-state index contributed by atoms with van der Waals surface area (Å²) < 4.78 is 11.9. The number of esters is 2. The minimum absolute atomic E-state index is 0.0142. The van der Waals surface area contributed by atoms with Crippen LogP contribution in [0.15, 0.2) is 11.6 Å². The van der Waals surface area contributed by atoms with Crippen molar-refractivity contribution < 1.29 is 19.1 Å². The minimum atomic E-state index is -0.340. The summed E-state index contributed by atoms with van der Waals surface area (Å²) in [5.41, 5.74) is 1.74. The fourth-order valence-corrected chi connectivity index (χ4v) is 11.1. The van der Waals surface area contributed by atoms with Gasteiger partial charge in [-0.25, -0.2) is 4.79 Å². The van der Waals surface area contributed by atoms with Crippen LogP contribution in [0.2, 0.25) is 0 Å². The molecular formula is C30H44O4. The third-order valence-electron chi connectivity index (χ3n) is 13.0. The van der Waals surface area contributed by atoms with Gasteiger partial charge in [0.25, 0.3) is 0 Å². The van der Waals surface area contributed by atoms with Crippen LogP contribution in [0.5, 0.6) is 0 Å². The number of carbonyl (C=O) groups is 2. The molecule has 1 unspecified atom stereocenters. The number of ether oxygens (including phenoxy) is 2. The molecule has 9 atom stereocenters. The zero-order chi connectivity index (χ0) is 24.3. The van der Waals surface area contributed by atoms with Crippen molar-refractivity contribution in [2.24, 2.45) is 45.3 Å². The maximum Gasteiger partial charge on any atom is 0.333 e. The van der Waals surface area contributed by atoms with Crippen LogP contribution < -0.4 is 0 Å². The van der Waals surface area contributed by atoms with E-state index in [9.17, 15) is 9.59 Å². The van der Waals surface area contributed by atoms with Crippen LogP contribution in [0, 0.1) is 45.3 Å². The second-order valence-electron chi connectivity index (χ2n) is 14.2. The standard InChI is InChI=1S/C30H44O4/c1-18-7-8-21(33-25(18)32)19(2)20-11-13-28(6)23-10-9-22-26(3,4)34-24(31)12-14-29(22)17-30(23,29)16-15-27(20,28)5/h7,19-23H,8-17H2,1-6H3/t19?,20-,21+,22+,23+,27+,28-,29+,30-/m0/s1. The van der Waals surface area contributed by atoms with Crippen molar-refractivity contribution in [3.05, 3.63) is 11.6 Å². The topological polar surface area (TPSA) is 52.6 Å². The highest BCUT2D eigenvalue weighted by molar-refractivity contribution is 5.88. The molecule has 0 N–H and O–H groups in total. The van der Waals surface area contributed by atoms with Gasteiger partial charge in [-0.1, -0.05) is 26.8 Å². The number of hydrogen-bond acceptors (Lipinski definition) is 4. The Kier molecular flexibility index (Phi) is 4.70. The summed E-state index contributed by atoms with van der Waals surface area (Å²) in [6, 6.07) is 0. The van der Waals surface area contributed by atoms with Crippen molar-refractivity contribution in [3.8, 4) is 0 Å². The summed E-state index contributed by atoms with van der Waals surface area (Å²) in [5.74, 6) is 2.13. The number of fused-ring (bicyclic) bond motifs is 2. The lowest BCUT2D eigenvalue weighted by atomic mass is 9.43. The average Bonchev–Trinajstić information content (AvgIpc) is 3.39. The summed E-state index contributed by atoms with van der Waals surface area (Å²) >= 11 is 0. The van der Waals surface area contributed by atoms with E-state index in [1.807, 2.05) is 6.92 Å². The van der Waals surface area contributed by atoms with Crippen LogP contribution in [0.3, 0.4) is 0 Å². The van der Waals surface area contributed by atoms with Gasteiger partial charge in [-0.3, -0.25) is 4.79 Å². The van der Waals surface area contributed by atoms with Gasteiger partial charge in [0.15, 0.2) is 0 Å². The Labute approximate surface area is 205 Å². The number of carbonyl (C=O) groups excluding carboxylic acids is 2. The van der Waals surface area contributed by atoms with Gasteiger partial charge >= 0.3 is 11.9 Å². The Morgan fingerprint density at radius 2 is 1.62 bits per heavy atom. The monoisotopic (exact) mass is 468 g/mol. The molecule has 4 saturated carbocycles. The third-order valence-corrected chi connectivity index (χ3v) is 13.0. The van der Waals surface area contributed by atoms with Crippen LogP contribution in [-0.4, -0.2) is 23.6 Å². The molecule has 6 aliphatic rings. The number of cyclic esters (lactones) is 2. The van der Waals surface area contributed by atoms with E-state index in [0.29, 0.717) is 40.4 Å². The molecule has 0 amide bonds. The summed E-state index contributed by atoms with van der Waals surface area (Å²) in [6.07, 6.45) is 13.5. The van der Waals surface area contributed by atoms with Crippen LogP contribution in [0.4, 0.5) is 0 Å². The zero-order valence-corrected chi connectivity index (χ0v) is 22.2. The van der Waals surface area contributed by atoms with E-state index in [0.717, 1.165) is 24.3 Å². The largest absolute Gasteiger partial charge is 0.459 e. The fourth-order valence-electron chi connectivity index (χ4n) is 11.1. The van der Waals surface area contributed by atoms with Gasteiger partial charge in [-0.15, -0.1) is 0 Å². The predicted molar refractivity (Wildman–Crippen MR) is 131 cm³/mol. The molecule has 0 bridgehead atoms. The zero-order valence-electron chi connectivity index (χ0n) is 22.2. The van der Waals surface area contributed by atoms with Crippen LogP contribution in [0.1, 0.15) is 106 Å². The molecule has 1 saturated heterocycles. The maximum atomic E-state index is 12.5. The van der Waals surface area contributed by atoms with Crippen molar-refractivity contribution in [2.75, 3.05) is 0 Å². The SMILES string of the molecule is CC1=CC[C@H](C(C)[C@@H]2CC[C@@]3(C)[C@H]4CC[C@@H]5C(C)(C)OC(=O)CC[C@@]56C[C@@]46CC[C@]23C)OC1=O. The van der Waals surface area contributed by atoms with Gasteiger partial charge in [0.2, 0.25) is 0 Å². The van der Waals surface area contributed by atoms with Crippen LogP contribution >= 0.6 is 0 Å². The van der Waals surface area contributed by atoms with E-state index in [-0.39, 0.29) is 29.1 Å². The number of hydrogen-bond donors (Lipinski definition) is 0. The van der Waals surface area contributed by atoms with Crippen molar-refractivity contribution in [3.63, 3.8) is 0 Å². The molecule has 5 fully saturated rings. The molecule has 0 radical (unpaired) electrons. The molecule has 2 heterocycles. The van der Waals surface area contributed by atoms with E-state index in [1.54, 1.807) is 0 Å². The fraction of sp³-hybridized carbons (Fsp3) is 0.867. The first-order valence-corrected chi connectivity index (χ1v) is 14.0. The molecule has 34 heavy (non-hydrogen) atoms. The molecule has 0 aromatic heterocycles. The Bertz CT molecular complexity index is 965. The second-order valence-corrected chi connectivity index (χ2v) is 14.2. The average molecular weight is 469 g/mol. The van der Waals surface area contributed by atoms with Crippen molar-refractivity contribution in [1.29, 1.82) is 0 Å². The van der Waals surface area contributed by atoms with Crippen LogP contribution in [-0.2, 0) is 19.1 Å². The molecule has 4 heteroatoms. The highest BCUT2D eigenvalue weighted by atomic mass is 16.6. The smallest absolute Gasteiger partial charge is 0.333 e. The van der Waals surface area contributed by atoms with Crippen molar-refractivity contribution >= 4 is 11.9 Å². The van der Waals surface area contributed by atoms with E-state index in [2.05, 4.69) is 40.7 Å². The first-order chi connectivity index (χ1) is 15.9. The first-order valence-electron chi connectivity index (χ1n) is 14.0. The lowest BCUT2D eigenvalue weighted by Crippen LogP contribution is -2.56. The lowest BCUT2D eigenvalue weighted by Gasteiger charge is -2.61. The summed E-state index contributed by atoms with van der Waals surface area (Å²) in [7, 11) is 0. The molecule has 2 aliphatic heterocycles. The molecule has 188 valence electrons. The number of rotatable bonds is 2. The van der Waals surface area contributed by atoms with Gasteiger partial charge < -0.3 is 9.47 Å². The lowest BCUT2D eigenvalue weighted by molar-refractivity contribution is -0.170. The highest BCUT2D eigenvalue weighted by Gasteiger charge is 2.82. The summed E-state index contributed by atoms with van der Waals surface area (Å²) in [5, 5.41) is 0. The quantitative estimate of drug-likeness (QED) is 0.427. The maximum absolute atomic E-state index is 12.5. The van der Waals surface area contributed by atoms with Crippen molar-refractivity contribution in [1.82, 2.24) is 0 Å². The Morgan fingerprint density at radius 1 is 0.912 bits per heavy atom. The normalized spacial score (nSPS) is 52.0. The molecule has 0 aromatic carbocycles. The van der Waals surface area contributed by atoms with E-state index in [1.165, 1.54) is 44.9 Å². The Morgan fingerprint density at radius 3 is 2.35 bits per heavy atom. The Hall–Kier alpha value is -1.32. The van der Waals surface area contributed by atoms with Crippen LogP contribution in [0.25, 0.3) is 0 Å². The van der Waals surface area contributed by atoms with E-state index < -0.39 is 0 Å². The molecular weight excluding hydrogens is 424 g/mol. The third kappa shape index (κ3) is 2.67. The Balaban J connectivity index is 1.30.